The van der Waals surface area contributed by atoms with Gasteiger partial charge in [-0.3, -0.25) is 0 Å². The molecule has 6 atom stereocenters. The molecule has 0 spiro atoms. The van der Waals surface area contributed by atoms with Crippen LogP contribution in [0.4, 0.5) is 0 Å². The van der Waals surface area contributed by atoms with Gasteiger partial charge in [-0.05, 0) is 61.1 Å². The van der Waals surface area contributed by atoms with Gasteiger partial charge in [-0.15, -0.1) is 17.9 Å². The van der Waals surface area contributed by atoms with E-state index in [1.807, 2.05) is 30.5 Å². The van der Waals surface area contributed by atoms with E-state index >= 15 is 0 Å². The van der Waals surface area contributed by atoms with Crippen LogP contribution in [0.3, 0.4) is 0 Å². The van der Waals surface area contributed by atoms with E-state index in [1.165, 1.54) is 0 Å². The molecule has 1 aromatic rings. The Balaban J connectivity index is 3.06. The van der Waals surface area contributed by atoms with Crippen molar-refractivity contribution in [3.05, 3.63) is 52.5 Å². The second-order valence-corrected chi connectivity index (χ2v) is 24.7. The van der Waals surface area contributed by atoms with Crippen LogP contribution in [0, 0.1) is 17.8 Å². The van der Waals surface area contributed by atoms with Crippen LogP contribution < -0.4 is 0 Å². The number of aliphatic hydroxyl groups is 1. The molecule has 0 fully saturated rings. The van der Waals surface area contributed by atoms with Gasteiger partial charge in [-0.25, -0.2) is 4.98 Å². The highest BCUT2D eigenvalue weighted by Gasteiger charge is 2.41. The fraction of sp³-hybridized carbons (Fsp3) is 0.743. The maximum Gasteiger partial charge on any atom is 0.193 e. The first-order chi connectivity index (χ1) is 19.9. The third-order valence-corrected chi connectivity index (χ3v) is 19.6. The molecular weight excluding hydrogens is 587 g/mol. The number of nitrogens with zero attached hydrogens (tertiary/aromatic N) is 1. The molecule has 0 aliphatic rings. The first-order valence-electron chi connectivity index (χ1n) is 16.4. The van der Waals surface area contributed by atoms with E-state index in [-0.39, 0.29) is 35.2 Å². The number of aromatic nitrogens is 1. The van der Waals surface area contributed by atoms with Crippen molar-refractivity contribution < 1.29 is 18.7 Å². The molecule has 0 amide bonds. The minimum absolute atomic E-state index is 0.00174. The second kappa shape index (κ2) is 17.7. The lowest BCUT2D eigenvalue weighted by atomic mass is 9.92. The number of hydrogen-bond acceptors (Lipinski definition) is 6. The standard InChI is InChI=1S/C35H65NO4SSi2/c1-16-30(39-42(14,15)35(10,11)12)28(9)33(38-13)27(8)22-20-21-26(7)32(37)29-24-41-34(36-29)31(23-25(5)6)40-43(17-2,18-3)19-4/h16,20-22,24-26,28,30-33,37H,1,17-19,23H2,2-15H3/b21-20+,27-22+/t26-,28-,30+,31-,32+,33+/m0/s1. The quantitative estimate of drug-likeness (QED) is 0.0916. The van der Waals surface area contributed by atoms with Crippen LogP contribution in [0.2, 0.25) is 36.3 Å². The van der Waals surface area contributed by atoms with Crippen molar-refractivity contribution in [1.29, 1.82) is 0 Å². The zero-order valence-corrected chi connectivity index (χ0v) is 32.8. The largest absolute Gasteiger partial charge is 0.410 e. The van der Waals surface area contributed by atoms with Crippen LogP contribution in [-0.2, 0) is 13.6 Å². The third kappa shape index (κ3) is 11.5. The Morgan fingerprint density at radius 2 is 1.65 bits per heavy atom. The molecule has 1 heterocycles. The number of hydrogen-bond donors (Lipinski definition) is 1. The average molecular weight is 652 g/mol. The summed E-state index contributed by atoms with van der Waals surface area (Å²) in [6.07, 6.45) is 8.15. The summed E-state index contributed by atoms with van der Waals surface area (Å²) in [5.74, 6) is 0.518. The summed E-state index contributed by atoms with van der Waals surface area (Å²) in [6.45, 7) is 33.0. The van der Waals surface area contributed by atoms with Crippen molar-refractivity contribution >= 4 is 28.0 Å². The van der Waals surface area contributed by atoms with Crippen LogP contribution in [0.15, 0.2) is 41.8 Å². The van der Waals surface area contributed by atoms with Gasteiger partial charge in [-0.1, -0.05) is 93.5 Å². The maximum absolute atomic E-state index is 11.2. The topological polar surface area (TPSA) is 60.8 Å². The Bertz CT molecular complexity index is 1020. The van der Waals surface area contributed by atoms with E-state index in [9.17, 15) is 5.11 Å². The zero-order chi connectivity index (χ0) is 33.2. The molecule has 5 nitrogen and oxygen atoms in total. The lowest BCUT2D eigenvalue weighted by Crippen LogP contribution is -2.46. The number of ether oxygens (including phenoxy) is 1. The van der Waals surface area contributed by atoms with Crippen LogP contribution in [0.25, 0.3) is 0 Å². The van der Waals surface area contributed by atoms with Crippen LogP contribution in [-0.4, -0.2) is 46.0 Å². The van der Waals surface area contributed by atoms with Crippen molar-refractivity contribution in [3.63, 3.8) is 0 Å². The van der Waals surface area contributed by atoms with Crippen molar-refractivity contribution in [1.82, 2.24) is 4.98 Å². The Morgan fingerprint density at radius 3 is 2.12 bits per heavy atom. The molecule has 0 aliphatic carbocycles. The summed E-state index contributed by atoms with van der Waals surface area (Å²) in [6, 6.07) is 3.35. The Hall–Kier alpha value is -0.876. The molecule has 1 N–H and O–H groups in total. The minimum atomic E-state index is -1.96. The predicted molar refractivity (Wildman–Crippen MR) is 192 cm³/mol. The van der Waals surface area contributed by atoms with E-state index < -0.39 is 22.7 Å². The molecule has 0 saturated carbocycles. The van der Waals surface area contributed by atoms with Crippen molar-refractivity contribution in [2.24, 2.45) is 17.8 Å². The van der Waals surface area contributed by atoms with E-state index in [0.717, 1.165) is 40.8 Å². The molecule has 43 heavy (non-hydrogen) atoms. The number of aliphatic hydroxyl groups excluding tert-OH is 1. The van der Waals surface area contributed by atoms with Crippen LogP contribution in [0.1, 0.15) is 105 Å². The Morgan fingerprint density at radius 1 is 1.07 bits per heavy atom. The van der Waals surface area contributed by atoms with Crippen LogP contribution >= 0.6 is 11.3 Å². The first kappa shape index (κ1) is 40.1. The van der Waals surface area contributed by atoms with E-state index in [1.54, 1.807) is 18.4 Å². The highest BCUT2D eigenvalue weighted by molar-refractivity contribution is 7.09. The Kier molecular flexibility index (Phi) is 16.5. The summed E-state index contributed by atoms with van der Waals surface area (Å²) in [5, 5.41) is 14.3. The minimum Gasteiger partial charge on any atom is -0.410 e. The predicted octanol–water partition coefficient (Wildman–Crippen LogP) is 10.7. The van der Waals surface area contributed by atoms with Gasteiger partial charge in [0.1, 0.15) is 11.1 Å². The van der Waals surface area contributed by atoms with Gasteiger partial charge >= 0.3 is 0 Å². The van der Waals surface area contributed by atoms with Gasteiger partial charge in [0.15, 0.2) is 16.6 Å². The van der Waals surface area contributed by atoms with Crippen molar-refractivity contribution in [2.75, 3.05) is 7.11 Å². The number of methoxy groups -OCH3 is 1. The van der Waals surface area contributed by atoms with Crippen LogP contribution in [0.5, 0.6) is 0 Å². The first-order valence-corrected chi connectivity index (χ1v) is 22.7. The Labute approximate surface area is 271 Å². The van der Waals surface area contributed by atoms with E-state index in [2.05, 4.69) is 95.0 Å². The highest BCUT2D eigenvalue weighted by atomic mass is 32.1. The molecule has 0 aliphatic heterocycles. The fourth-order valence-electron chi connectivity index (χ4n) is 5.24. The van der Waals surface area contributed by atoms with Crippen molar-refractivity contribution in [3.8, 4) is 0 Å². The monoisotopic (exact) mass is 651 g/mol. The molecule has 0 bridgehead atoms. The lowest BCUT2D eigenvalue weighted by Gasteiger charge is -2.41. The molecule has 0 radical (unpaired) electrons. The molecule has 0 aromatic carbocycles. The molecule has 1 aromatic heterocycles. The second-order valence-electron chi connectivity index (χ2n) is 14.3. The summed E-state index contributed by atoms with van der Waals surface area (Å²) < 4.78 is 19.6. The number of allylic oxidation sites excluding steroid dienone is 2. The van der Waals surface area contributed by atoms with Gasteiger partial charge in [0.25, 0.3) is 0 Å². The number of rotatable bonds is 19. The summed E-state index contributed by atoms with van der Waals surface area (Å²) >= 11 is 1.62. The SMILES string of the molecule is C=C[C@@H](O[Si](C)(C)C(C)(C)C)[C@H](C)[C@H](OC)/C(C)=C/C=C/[C@H](C)[C@@H](O)c1csc([C@H](CC(C)C)O[Si](CC)(CC)CC)n1. The van der Waals surface area contributed by atoms with E-state index in [4.69, 9.17) is 18.6 Å². The van der Waals surface area contributed by atoms with Gasteiger partial charge in [0, 0.05) is 24.3 Å². The summed E-state index contributed by atoms with van der Waals surface area (Å²) in [7, 11) is -1.99. The summed E-state index contributed by atoms with van der Waals surface area (Å²) in [4.78, 5) is 4.93. The summed E-state index contributed by atoms with van der Waals surface area (Å²) in [5.41, 5.74) is 1.84. The van der Waals surface area contributed by atoms with E-state index in [0.29, 0.717) is 5.92 Å². The van der Waals surface area contributed by atoms with Gasteiger partial charge < -0.3 is 18.7 Å². The fourth-order valence-corrected chi connectivity index (χ4v) is 10.4. The molecule has 0 saturated heterocycles. The lowest BCUT2D eigenvalue weighted by molar-refractivity contribution is 0.0374. The highest BCUT2D eigenvalue weighted by Crippen LogP contribution is 2.39. The third-order valence-electron chi connectivity index (χ3n) is 9.57. The van der Waals surface area contributed by atoms with Gasteiger partial charge in [0.2, 0.25) is 0 Å². The molecule has 0 unspecified atom stereocenters. The average Bonchev–Trinajstić information content (AvgIpc) is 3.43. The number of thiazole rings is 1. The molecular formula is C35H65NO4SSi2. The molecule has 8 heteroatoms. The molecule has 248 valence electrons. The smallest absolute Gasteiger partial charge is 0.193 e. The normalized spacial score (nSPS) is 18.1. The van der Waals surface area contributed by atoms with Gasteiger partial charge in [-0.2, -0.15) is 0 Å². The maximum atomic E-state index is 11.2. The zero-order valence-electron chi connectivity index (χ0n) is 30.0. The molecule has 1 rings (SSSR count). The van der Waals surface area contributed by atoms with Gasteiger partial charge in [0.05, 0.1) is 24.0 Å². The van der Waals surface area contributed by atoms with Crippen molar-refractivity contribution in [2.45, 2.75) is 143 Å².